The Labute approximate surface area is 113 Å². The summed E-state index contributed by atoms with van der Waals surface area (Å²) in [6, 6.07) is 8.33. The minimum Gasteiger partial charge on any atom is -0.484 e. The number of ether oxygens (including phenoxy) is 1. The van der Waals surface area contributed by atoms with Crippen molar-refractivity contribution in [3.8, 4) is 24.2 Å². The number of rotatable bonds is 6. The van der Waals surface area contributed by atoms with Crippen LogP contribution in [0.4, 0.5) is 0 Å². The molecule has 98 valence electrons. The number of amides is 1. The molecule has 0 aliphatic rings. The van der Waals surface area contributed by atoms with Gasteiger partial charge in [-0.15, -0.1) is 6.42 Å². The Kier molecular flexibility index (Phi) is 5.98. The number of benzene rings is 1. The summed E-state index contributed by atoms with van der Waals surface area (Å²) in [5, 5.41) is 11.4. The number of nitrogens with zero attached hydrogens (tertiary/aromatic N) is 1. The molecule has 0 radical (unpaired) electrons. The fourth-order valence-corrected chi connectivity index (χ4v) is 1.50. The number of carbonyl (C=O) groups is 1. The maximum absolute atomic E-state index is 11.6. The molecule has 1 N–H and O–H groups in total. The first-order valence-corrected chi connectivity index (χ1v) is 6.08. The molecule has 0 saturated carbocycles. The van der Waals surface area contributed by atoms with Crippen LogP contribution in [0.5, 0.6) is 5.75 Å². The van der Waals surface area contributed by atoms with Crippen molar-refractivity contribution in [2.45, 2.75) is 25.8 Å². The Bertz CT molecular complexity index is 494. The van der Waals surface area contributed by atoms with Crippen molar-refractivity contribution in [2.24, 2.45) is 0 Å². The minimum atomic E-state index is -0.249. The summed E-state index contributed by atoms with van der Waals surface area (Å²) in [6.45, 7) is 1.91. The highest BCUT2D eigenvalue weighted by Gasteiger charge is 2.09. The lowest BCUT2D eigenvalue weighted by molar-refractivity contribution is -0.123. The minimum absolute atomic E-state index is 0.0895. The highest BCUT2D eigenvalue weighted by molar-refractivity contribution is 5.78. The van der Waals surface area contributed by atoms with Crippen LogP contribution in [-0.4, -0.2) is 18.6 Å². The SMILES string of the molecule is C#CC(CCC)NC(=O)COc1ccc(C#N)cc1. The highest BCUT2D eigenvalue weighted by Crippen LogP contribution is 2.11. The third-order valence-electron chi connectivity index (χ3n) is 2.47. The number of carbonyl (C=O) groups excluding carboxylic acids is 1. The van der Waals surface area contributed by atoms with E-state index in [0.717, 1.165) is 12.8 Å². The number of nitrogens with one attached hydrogen (secondary N) is 1. The van der Waals surface area contributed by atoms with E-state index in [4.69, 9.17) is 16.4 Å². The lowest BCUT2D eigenvalue weighted by Crippen LogP contribution is -2.36. The van der Waals surface area contributed by atoms with Crippen molar-refractivity contribution in [1.82, 2.24) is 5.32 Å². The molecule has 0 saturated heterocycles. The molecule has 0 aliphatic heterocycles. The number of hydrogen-bond donors (Lipinski definition) is 1. The largest absolute Gasteiger partial charge is 0.484 e. The summed E-state index contributed by atoms with van der Waals surface area (Å²) in [4.78, 5) is 11.6. The van der Waals surface area contributed by atoms with Crippen molar-refractivity contribution in [3.05, 3.63) is 29.8 Å². The Morgan fingerprint density at radius 1 is 1.47 bits per heavy atom. The molecule has 1 aromatic carbocycles. The van der Waals surface area contributed by atoms with Gasteiger partial charge >= 0.3 is 0 Å². The van der Waals surface area contributed by atoms with Gasteiger partial charge in [0, 0.05) is 0 Å². The fourth-order valence-electron chi connectivity index (χ4n) is 1.50. The quantitative estimate of drug-likeness (QED) is 0.790. The first kappa shape index (κ1) is 14.6. The second-order valence-corrected chi connectivity index (χ2v) is 4.00. The lowest BCUT2D eigenvalue weighted by atomic mass is 10.2. The topological polar surface area (TPSA) is 62.1 Å². The van der Waals surface area contributed by atoms with Gasteiger partial charge in [0.1, 0.15) is 5.75 Å². The molecule has 1 aromatic rings. The highest BCUT2D eigenvalue weighted by atomic mass is 16.5. The maximum atomic E-state index is 11.6. The molecule has 1 unspecified atom stereocenters. The Hall–Kier alpha value is -2.46. The van der Waals surface area contributed by atoms with Crippen molar-refractivity contribution in [2.75, 3.05) is 6.61 Å². The summed E-state index contributed by atoms with van der Waals surface area (Å²) in [6.07, 6.45) is 6.97. The molecular formula is C15H16N2O2. The molecule has 0 aliphatic carbocycles. The zero-order valence-corrected chi connectivity index (χ0v) is 10.8. The number of hydrogen-bond acceptors (Lipinski definition) is 3. The standard InChI is InChI=1S/C15H16N2O2/c1-3-5-13(4-2)17-15(18)11-19-14-8-6-12(10-16)7-9-14/h2,6-9,13H,3,5,11H2,1H3,(H,17,18). The van der Waals surface area contributed by atoms with Crippen LogP contribution >= 0.6 is 0 Å². The van der Waals surface area contributed by atoms with E-state index in [0.29, 0.717) is 11.3 Å². The van der Waals surface area contributed by atoms with Crippen molar-refractivity contribution in [1.29, 1.82) is 5.26 Å². The predicted octanol–water partition coefficient (Wildman–Crippen LogP) is 1.86. The van der Waals surface area contributed by atoms with E-state index in [1.54, 1.807) is 24.3 Å². The molecule has 1 amide bonds. The van der Waals surface area contributed by atoms with Gasteiger partial charge in [-0.1, -0.05) is 19.3 Å². The first-order valence-electron chi connectivity index (χ1n) is 6.08. The number of nitriles is 1. The van der Waals surface area contributed by atoms with Gasteiger partial charge in [-0.2, -0.15) is 5.26 Å². The third-order valence-corrected chi connectivity index (χ3v) is 2.47. The summed E-state index contributed by atoms with van der Waals surface area (Å²) < 4.78 is 5.30. The van der Waals surface area contributed by atoms with Gasteiger partial charge in [-0.3, -0.25) is 4.79 Å². The molecule has 0 bridgehead atoms. The Morgan fingerprint density at radius 3 is 2.68 bits per heavy atom. The molecule has 0 heterocycles. The van der Waals surface area contributed by atoms with Crippen molar-refractivity contribution < 1.29 is 9.53 Å². The van der Waals surface area contributed by atoms with E-state index >= 15 is 0 Å². The van der Waals surface area contributed by atoms with Gasteiger partial charge in [0.25, 0.3) is 5.91 Å². The zero-order chi connectivity index (χ0) is 14.1. The molecule has 0 fully saturated rings. The van der Waals surface area contributed by atoms with Crippen molar-refractivity contribution >= 4 is 5.91 Å². The summed E-state index contributed by atoms with van der Waals surface area (Å²) in [5.74, 6) is 2.82. The van der Waals surface area contributed by atoms with Crippen LogP contribution in [0, 0.1) is 23.7 Å². The van der Waals surface area contributed by atoms with Gasteiger partial charge in [0.15, 0.2) is 6.61 Å². The fraction of sp³-hybridized carbons (Fsp3) is 0.333. The zero-order valence-electron chi connectivity index (χ0n) is 10.8. The van der Waals surface area contributed by atoms with Crippen LogP contribution in [-0.2, 0) is 4.79 Å². The van der Waals surface area contributed by atoms with Gasteiger partial charge in [0.05, 0.1) is 17.7 Å². The summed E-state index contributed by atoms with van der Waals surface area (Å²) >= 11 is 0. The first-order chi connectivity index (χ1) is 9.19. The second-order valence-electron chi connectivity index (χ2n) is 4.00. The molecule has 19 heavy (non-hydrogen) atoms. The van der Waals surface area contributed by atoms with Gasteiger partial charge in [-0.25, -0.2) is 0 Å². The molecular weight excluding hydrogens is 240 g/mol. The van der Waals surface area contributed by atoms with Gasteiger partial charge < -0.3 is 10.1 Å². The van der Waals surface area contributed by atoms with Crippen LogP contribution in [0.25, 0.3) is 0 Å². The van der Waals surface area contributed by atoms with Crippen LogP contribution < -0.4 is 10.1 Å². The second kappa shape index (κ2) is 7.79. The molecule has 0 spiro atoms. The van der Waals surface area contributed by atoms with Gasteiger partial charge in [-0.05, 0) is 30.7 Å². The van der Waals surface area contributed by atoms with Crippen LogP contribution in [0.15, 0.2) is 24.3 Å². The third kappa shape index (κ3) is 5.14. The average Bonchev–Trinajstić information content (AvgIpc) is 2.45. The summed E-state index contributed by atoms with van der Waals surface area (Å²) in [5.41, 5.74) is 0.548. The van der Waals surface area contributed by atoms with Crippen LogP contribution in [0.2, 0.25) is 0 Å². The smallest absolute Gasteiger partial charge is 0.258 e. The van der Waals surface area contributed by atoms with Gasteiger partial charge in [0.2, 0.25) is 0 Å². The van der Waals surface area contributed by atoms with Crippen LogP contribution in [0.3, 0.4) is 0 Å². The van der Waals surface area contributed by atoms with E-state index in [1.165, 1.54) is 0 Å². The molecule has 1 rings (SSSR count). The van der Waals surface area contributed by atoms with Crippen molar-refractivity contribution in [3.63, 3.8) is 0 Å². The number of terminal acetylenes is 1. The molecule has 1 atom stereocenters. The van der Waals surface area contributed by atoms with E-state index in [9.17, 15) is 4.79 Å². The maximum Gasteiger partial charge on any atom is 0.258 e. The molecule has 4 nitrogen and oxygen atoms in total. The molecule has 4 heteroatoms. The van der Waals surface area contributed by atoms with Crippen LogP contribution in [0.1, 0.15) is 25.3 Å². The Morgan fingerprint density at radius 2 is 2.16 bits per heavy atom. The average molecular weight is 256 g/mol. The van der Waals surface area contributed by atoms with E-state index in [1.807, 2.05) is 13.0 Å². The lowest BCUT2D eigenvalue weighted by Gasteiger charge is -2.12. The Balaban J connectivity index is 2.41. The van der Waals surface area contributed by atoms with E-state index < -0.39 is 0 Å². The predicted molar refractivity (Wildman–Crippen MR) is 72.3 cm³/mol. The monoisotopic (exact) mass is 256 g/mol. The summed E-state index contributed by atoms with van der Waals surface area (Å²) in [7, 11) is 0. The van der Waals surface area contributed by atoms with E-state index in [2.05, 4.69) is 11.2 Å². The normalized spacial score (nSPS) is 10.9. The molecule has 0 aromatic heterocycles. The van der Waals surface area contributed by atoms with E-state index in [-0.39, 0.29) is 18.6 Å².